The Balaban J connectivity index is 1.90. The molecule has 0 bridgehead atoms. The predicted octanol–water partition coefficient (Wildman–Crippen LogP) is 0.610. The van der Waals surface area contributed by atoms with Crippen molar-refractivity contribution in [2.45, 2.75) is 43.6 Å². The first kappa shape index (κ1) is 17.7. The second-order valence-corrected chi connectivity index (χ2v) is 5.59. The standard InChI is InChI=1S/C16H22FNO5/c1-22-8-7-14(19)18-12-5-6-13(16(21)15(12)20)23-11-4-2-3-10(17)9-11/h2-4,9,12-13,15-16,20-21H,5-8H2,1H3,(H,18,19)/t12-,13-,15+,16+/m1/s1. The zero-order valence-corrected chi connectivity index (χ0v) is 12.9. The molecule has 0 radical (unpaired) electrons. The predicted molar refractivity (Wildman–Crippen MR) is 80.5 cm³/mol. The van der Waals surface area contributed by atoms with Gasteiger partial charge in [-0.2, -0.15) is 0 Å². The Bertz CT molecular complexity index is 527. The van der Waals surface area contributed by atoms with Crippen molar-refractivity contribution in [2.75, 3.05) is 13.7 Å². The van der Waals surface area contributed by atoms with Gasteiger partial charge in [0.15, 0.2) is 0 Å². The van der Waals surface area contributed by atoms with Gasteiger partial charge in [0.05, 0.1) is 12.6 Å². The molecule has 0 aromatic heterocycles. The van der Waals surface area contributed by atoms with Crippen LogP contribution in [0.3, 0.4) is 0 Å². The Morgan fingerprint density at radius 1 is 1.35 bits per heavy atom. The van der Waals surface area contributed by atoms with E-state index in [4.69, 9.17) is 9.47 Å². The maximum atomic E-state index is 13.2. The number of carbonyl (C=O) groups excluding carboxylic acids is 1. The first-order valence-electron chi connectivity index (χ1n) is 7.58. The summed E-state index contributed by atoms with van der Waals surface area (Å²) in [5.41, 5.74) is 0. The number of benzene rings is 1. The van der Waals surface area contributed by atoms with Gasteiger partial charge in [0.2, 0.25) is 5.91 Å². The highest BCUT2D eigenvalue weighted by Crippen LogP contribution is 2.25. The fraction of sp³-hybridized carbons (Fsp3) is 0.562. The van der Waals surface area contributed by atoms with E-state index in [2.05, 4.69) is 5.32 Å². The van der Waals surface area contributed by atoms with E-state index >= 15 is 0 Å². The lowest BCUT2D eigenvalue weighted by molar-refractivity contribution is -0.128. The smallest absolute Gasteiger partial charge is 0.222 e. The van der Waals surface area contributed by atoms with Gasteiger partial charge in [-0.05, 0) is 25.0 Å². The highest BCUT2D eigenvalue weighted by molar-refractivity contribution is 5.76. The molecule has 7 heteroatoms. The Morgan fingerprint density at radius 3 is 2.83 bits per heavy atom. The largest absolute Gasteiger partial charge is 0.488 e. The normalized spacial score (nSPS) is 27.5. The summed E-state index contributed by atoms with van der Waals surface area (Å²) in [5, 5.41) is 23.0. The third kappa shape index (κ3) is 4.89. The Hall–Kier alpha value is -1.70. The molecule has 0 saturated heterocycles. The minimum Gasteiger partial charge on any atom is -0.488 e. The summed E-state index contributed by atoms with van der Waals surface area (Å²) in [7, 11) is 1.50. The van der Waals surface area contributed by atoms with Crippen LogP contribution in [-0.4, -0.2) is 54.2 Å². The molecule has 0 aliphatic heterocycles. The van der Waals surface area contributed by atoms with Crippen LogP contribution in [0.2, 0.25) is 0 Å². The quantitative estimate of drug-likeness (QED) is 0.712. The zero-order valence-electron chi connectivity index (χ0n) is 12.9. The molecule has 1 aliphatic carbocycles. The molecule has 1 fully saturated rings. The van der Waals surface area contributed by atoms with Crippen LogP contribution in [0.1, 0.15) is 19.3 Å². The van der Waals surface area contributed by atoms with Gasteiger partial charge in [-0.1, -0.05) is 6.07 Å². The first-order chi connectivity index (χ1) is 11.0. The molecular weight excluding hydrogens is 305 g/mol. The Labute approximate surface area is 134 Å². The molecule has 6 nitrogen and oxygen atoms in total. The molecule has 0 heterocycles. The molecule has 0 unspecified atom stereocenters. The Kier molecular flexibility index (Phi) is 6.32. The molecule has 128 valence electrons. The molecule has 1 aromatic rings. The second-order valence-electron chi connectivity index (χ2n) is 5.59. The van der Waals surface area contributed by atoms with E-state index < -0.39 is 30.2 Å². The van der Waals surface area contributed by atoms with Crippen molar-refractivity contribution in [3.8, 4) is 5.75 Å². The lowest BCUT2D eigenvalue weighted by Crippen LogP contribution is -2.57. The lowest BCUT2D eigenvalue weighted by Gasteiger charge is -2.37. The third-order valence-corrected chi connectivity index (χ3v) is 3.87. The van der Waals surface area contributed by atoms with Crippen molar-refractivity contribution >= 4 is 5.91 Å². The van der Waals surface area contributed by atoms with Gasteiger partial charge in [0.25, 0.3) is 0 Å². The van der Waals surface area contributed by atoms with Crippen LogP contribution < -0.4 is 10.1 Å². The maximum absolute atomic E-state index is 13.2. The number of carbonyl (C=O) groups is 1. The van der Waals surface area contributed by atoms with E-state index in [-0.39, 0.29) is 12.3 Å². The van der Waals surface area contributed by atoms with Crippen molar-refractivity contribution in [2.24, 2.45) is 0 Å². The van der Waals surface area contributed by atoms with Crippen molar-refractivity contribution in [1.29, 1.82) is 0 Å². The minimum absolute atomic E-state index is 0.193. The van der Waals surface area contributed by atoms with Gasteiger partial charge in [0, 0.05) is 19.6 Å². The van der Waals surface area contributed by atoms with Gasteiger partial charge in [-0.15, -0.1) is 0 Å². The van der Waals surface area contributed by atoms with E-state index in [0.29, 0.717) is 25.2 Å². The minimum atomic E-state index is -1.17. The van der Waals surface area contributed by atoms with Crippen LogP contribution in [0, 0.1) is 5.82 Å². The number of hydrogen-bond donors (Lipinski definition) is 3. The summed E-state index contributed by atoms with van der Waals surface area (Å²) >= 11 is 0. The molecule has 1 aromatic carbocycles. The number of ether oxygens (including phenoxy) is 2. The van der Waals surface area contributed by atoms with E-state index in [1.807, 2.05) is 0 Å². The number of amides is 1. The summed E-state index contributed by atoms with van der Waals surface area (Å²) < 4.78 is 23.5. The van der Waals surface area contributed by atoms with E-state index in [1.165, 1.54) is 25.3 Å². The van der Waals surface area contributed by atoms with E-state index in [9.17, 15) is 19.4 Å². The molecule has 2 rings (SSSR count). The number of aliphatic hydroxyl groups is 2. The van der Waals surface area contributed by atoms with Crippen LogP contribution in [0.25, 0.3) is 0 Å². The van der Waals surface area contributed by atoms with Crippen molar-refractivity contribution in [1.82, 2.24) is 5.32 Å². The van der Waals surface area contributed by atoms with Crippen LogP contribution >= 0.6 is 0 Å². The number of aliphatic hydroxyl groups excluding tert-OH is 2. The van der Waals surface area contributed by atoms with Crippen molar-refractivity contribution < 1.29 is 28.9 Å². The first-order valence-corrected chi connectivity index (χ1v) is 7.58. The summed E-state index contributed by atoms with van der Waals surface area (Å²) in [4.78, 5) is 11.7. The van der Waals surface area contributed by atoms with Crippen LogP contribution in [0.15, 0.2) is 24.3 Å². The lowest BCUT2D eigenvalue weighted by atomic mass is 9.87. The van der Waals surface area contributed by atoms with Crippen molar-refractivity contribution in [3.63, 3.8) is 0 Å². The summed E-state index contributed by atoms with van der Waals surface area (Å²) in [6, 6.07) is 5.07. The second kappa shape index (κ2) is 8.24. The molecule has 1 saturated carbocycles. The van der Waals surface area contributed by atoms with Gasteiger partial charge < -0.3 is 25.0 Å². The third-order valence-electron chi connectivity index (χ3n) is 3.87. The van der Waals surface area contributed by atoms with Crippen molar-refractivity contribution in [3.05, 3.63) is 30.1 Å². The average molecular weight is 327 g/mol. The number of rotatable bonds is 6. The number of nitrogens with one attached hydrogen (secondary N) is 1. The maximum Gasteiger partial charge on any atom is 0.222 e. The van der Waals surface area contributed by atoms with E-state index in [1.54, 1.807) is 6.07 Å². The Morgan fingerprint density at radius 2 is 2.13 bits per heavy atom. The van der Waals surface area contributed by atoms with Gasteiger partial charge >= 0.3 is 0 Å². The number of methoxy groups -OCH3 is 1. The molecule has 23 heavy (non-hydrogen) atoms. The highest BCUT2D eigenvalue weighted by atomic mass is 19.1. The topological polar surface area (TPSA) is 88.0 Å². The molecule has 1 aliphatic rings. The zero-order chi connectivity index (χ0) is 16.8. The van der Waals surface area contributed by atoms with Gasteiger partial charge in [0.1, 0.15) is 29.9 Å². The fourth-order valence-electron chi connectivity index (χ4n) is 2.62. The number of halogens is 1. The van der Waals surface area contributed by atoms with Crippen LogP contribution in [0.4, 0.5) is 4.39 Å². The average Bonchev–Trinajstić information content (AvgIpc) is 2.52. The van der Waals surface area contributed by atoms with Crippen LogP contribution in [0.5, 0.6) is 5.75 Å². The SMILES string of the molecule is COCCC(=O)N[C@@H]1CC[C@@H](Oc2cccc(F)c2)[C@H](O)[C@H]1O. The monoisotopic (exact) mass is 327 g/mol. The summed E-state index contributed by atoms with van der Waals surface area (Å²) in [5.74, 6) is -0.381. The molecule has 3 N–H and O–H groups in total. The molecule has 4 atom stereocenters. The number of hydrogen-bond acceptors (Lipinski definition) is 5. The molecule has 1 amide bonds. The summed E-state index contributed by atoms with van der Waals surface area (Å²) in [6.07, 6.45) is -1.88. The molecule has 0 spiro atoms. The van der Waals surface area contributed by atoms with Gasteiger partial charge in [-0.25, -0.2) is 4.39 Å². The van der Waals surface area contributed by atoms with Gasteiger partial charge in [-0.3, -0.25) is 4.79 Å². The van der Waals surface area contributed by atoms with E-state index in [0.717, 1.165) is 0 Å². The van der Waals surface area contributed by atoms with Crippen LogP contribution in [-0.2, 0) is 9.53 Å². The summed E-state index contributed by atoms with van der Waals surface area (Å²) in [6.45, 7) is 0.294. The fourth-order valence-corrected chi connectivity index (χ4v) is 2.62. The molecular formula is C16H22FNO5. The highest BCUT2D eigenvalue weighted by Gasteiger charge is 2.39.